The van der Waals surface area contributed by atoms with E-state index in [4.69, 9.17) is 0 Å². The Hall–Kier alpha value is -0.123. The number of allylic oxidation sites excluding steroid dienone is 2. The maximum atomic E-state index is 3.61. The fourth-order valence-corrected chi connectivity index (χ4v) is 1.07. The molecule has 2 heteroatoms. The third-order valence-electron chi connectivity index (χ3n) is 1.57. The summed E-state index contributed by atoms with van der Waals surface area (Å²) < 4.78 is 0. The molecule has 52 valence electrons. The summed E-state index contributed by atoms with van der Waals surface area (Å²) >= 11 is 0. The molecule has 0 saturated carbocycles. The zero-order valence-electron chi connectivity index (χ0n) is 7.71. The van der Waals surface area contributed by atoms with Gasteiger partial charge in [-0.1, -0.05) is 12.7 Å². The smallest absolute Gasteiger partial charge is 1.00 e. The molecule has 0 aromatic heterocycles. The molecule has 1 fully saturated rings. The first-order valence-electron chi connectivity index (χ1n) is 3.47. The number of hydrogen-bond donors (Lipinski definition) is 0. The van der Waals surface area contributed by atoms with Crippen LogP contribution in [0.4, 0.5) is 0 Å². The van der Waals surface area contributed by atoms with Crippen molar-refractivity contribution in [1.82, 2.24) is 4.90 Å². The van der Waals surface area contributed by atoms with Crippen LogP contribution in [0.5, 0.6) is 0 Å². The Morgan fingerprint density at radius 3 is 2.40 bits per heavy atom. The second-order valence-corrected chi connectivity index (χ2v) is 2.32. The van der Waals surface area contributed by atoms with Crippen LogP contribution in [0, 0.1) is 0 Å². The van der Waals surface area contributed by atoms with Crippen LogP contribution >= 0.6 is 0 Å². The monoisotopic (exact) mass is 131 g/mol. The molecule has 1 rings (SSSR count). The molecule has 0 atom stereocenters. The van der Waals surface area contributed by atoms with E-state index in [1.54, 1.807) is 0 Å². The van der Waals surface area contributed by atoms with Crippen LogP contribution in [-0.2, 0) is 0 Å². The van der Waals surface area contributed by atoms with Gasteiger partial charge in [-0.15, -0.1) is 0 Å². The molecule has 1 saturated heterocycles. The number of nitrogens with zero attached hydrogens (tertiary/aromatic N) is 1. The number of likely N-dealkylation sites (tertiary alicyclic amines) is 1. The van der Waals surface area contributed by atoms with Gasteiger partial charge >= 0.3 is 18.9 Å². The summed E-state index contributed by atoms with van der Waals surface area (Å²) in [4.78, 5) is 2.32. The Balaban J connectivity index is 0. The van der Waals surface area contributed by atoms with Gasteiger partial charge in [-0.2, -0.15) is 0 Å². The van der Waals surface area contributed by atoms with Gasteiger partial charge in [0.05, 0.1) is 0 Å². The van der Waals surface area contributed by atoms with E-state index in [0.29, 0.717) is 0 Å². The van der Waals surface area contributed by atoms with Crippen molar-refractivity contribution in [3.63, 3.8) is 0 Å². The predicted octanol–water partition coefficient (Wildman–Crippen LogP) is -1.10. The van der Waals surface area contributed by atoms with Gasteiger partial charge in [0.15, 0.2) is 0 Å². The quantitative estimate of drug-likeness (QED) is 0.339. The van der Waals surface area contributed by atoms with Crippen molar-refractivity contribution in [2.45, 2.75) is 12.8 Å². The zero-order valence-corrected chi connectivity index (χ0v) is 6.71. The molecule has 0 unspecified atom stereocenters. The molecule has 0 aromatic carbocycles. The van der Waals surface area contributed by atoms with Gasteiger partial charge in [0.2, 0.25) is 0 Å². The van der Waals surface area contributed by atoms with Crippen LogP contribution in [0.3, 0.4) is 0 Å². The van der Waals surface area contributed by atoms with Crippen molar-refractivity contribution in [3.05, 3.63) is 24.9 Å². The van der Waals surface area contributed by atoms with E-state index in [2.05, 4.69) is 17.7 Å². The van der Waals surface area contributed by atoms with Gasteiger partial charge in [0, 0.05) is 13.1 Å². The zero-order chi connectivity index (χ0) is 6.53. The van der Waals surface area contributed by atoms with Gasteiger partial charge in [-0.25, -0.2) is 0 Å². The van der Waals surface area contributed by atoms with Crippen LogP contribution in [0.2, 0.25) is 0 Å². The summed E-state index contributed by atoms with van der Waals surface area (Å²) in [6.07, 6.45) is 8.62. The Kier molecular flexibility index (Phi) is 5.58. The Morgan fingerprint density at radius 1 is 1.30 bits per heavy atom. The molecular formula is C8H14LiN. The Bertz CT molecular complexity index is 119. The van der Waals surface area contributed by atoms with Crippen LogP contribution in [0.15, 0.2) is 24.9 Å². The van der Waals surface area contributed by atoms with E-state index in [0.717, 1.165) is 0 Å². The molecule has 10 heavy (non-hydrogen) atoms. The summed E-state index contributed by atoms with van der Waals surface area (Å²) in [5.41, 5.74) is 0. The third kappa shape index (κ3) is 3.15. The SMILES string of the molecule is C=CC=CN1CCCC1.[H-].[Li+]. The van der Waals surface area contributed by atoms with Gasteiger partial charge in [-0.05, 0) is 25.1 Å². The minimum absolute atomic E-state index is 0. The fraction of sp³-hybridized carbons (Fsp3) is 0.500. The second-order valence-electron chi connectivity index (χ2n) is 2.32. The van der Waals surface area contributed by atoms with Crippen molar-refractivity contribution >= 4 is 0 Å². The van der Waals surface area contributed by atoms with E-state index in [1.165, 1.54) is 25.9 Å². The summed E-state index contributed by atoms with van der Waals surface area (Å²) in [6.45, 7) is 6.06. The molecule has 0 radical (unpaired) electrons. The van der Waals surface area contributed by atoms with Gasteiger partial charge in [0.1, 0.15) is 0 Å². The van der Waals surface area contributed by atoms with E-state index >= 15 is 0 Å². The molecule has 0 N–H and O–H groups in total. The molecule has 0 bridgehead atoms. The minimum atomic E-state index is 0. The van der Waals surface area contributed by atoms with E-state index in [9.17, 15) is 0 Å². The van der Waals surface area contributed by atoms with Crippen LogP contribution < -0.4 is 18.9 Å². The van der Waals surface area contributed by atoms with E-state index in [-0.39, 0.29) is 20.3 Å². The van der Waals surface area contributed by atoms with Gasteiger partial charge in [-0.3, -0.25) is 0 Å². The second kappa shape index (κ2) is 5.65. The van der Waals surface area contributed by atoms with Crippen LogP contribution in [-0.4, -0.2) is 18.0 Å². The largest absolute Gasteiger partial charge is 1.00 e. The topological polar surface area (TPSA) is 3.24 Å². The molecular weight excluding hydrogens is 117 g/mol. The number of hydrogen-bond acceptors (Lipinski definition) is 1. The standard InChI is InChI=1S/C8H13N.Li.H/c1-2-3-6-9-7-4-5-8-9;;/h2-3,6H,1,4-5,7-8H2;;/q;+1;-1. The van der Waals surface area contributed by atoms with Crippen LogP contribution in [0.25, 0.3) is 0 Å². The number of rotatable bonds is 2. The Labute approximate surface area is 76.5 Å². The maximum absolute atomic E-state index is 3.61. The fourth-order valence-electron chi connectivity index (χ4n) is 1.07. The van der Waals surface area contributed by atoms with E-state index < -0.39 is 0 Å². The molecule has 1 nitrogen and oxygen atoms in total. The van der Waals surface area contributed by atoms with E-state index in [1.807, 2.05) is 12.2 Å². The molecule has 1 heterocycles. The summed E-state index contributed by atoms with van der Waals surface area (Å²) in [5, 5.41) is 0. The molecule has 0 spiro atoms. The maximum Gasteiger partial charge on any atom is 1.00 e. The van der Waals surface area contributed by atoms with Crippen molar-refractivity contribution < 1.29 is 20.3 Å². The van der Waals surface area contributed by atoms with Crippen molar-refractivity contribution in [1.29, 1.82) is 0 Å². The minimum Gasteiger partial charge on any atom is -1.00 e. The van der Waals surface area contributed by atoms with Crippen molar-refractivity contribution in [2.24, 2.45) is 0 Å². The molecule has 1 aliphatic rings. The molecule has 1 aliphatic heterocycles. The first-order valence-corrected chi connectivity index (χ1v) is 3.47. The normalized spacial score (nSPS) is 17.4. The van der Waals surface area contributed by atoms with Gasteiger partial charge in [0.25, 0.3) is 0 Å². The average molecular weight is 131 g/mol. The molecule has 0 amide bonds. The first kappa shape index (κ1) is 9.88. The van der Waals surface area contributed by atoms with Crippen LogP contribution in [0.1, 0.15) is 14.3 Å². The summed E-state index contributed by atoms with van der Waals surface area (Å²) in [7, 11) is 0. The average Bonchev–Trinajstić information content (AvgIpc) is 2.34. The van der Waals surface area contributed by atoms with Crippen molar-refractivity contribution in [2.75, 3.05) is 13.1 Å². The first-order chi connectivity index (χ1) is 4.43. The predicted molar refractivity (Wildman–Crippen MR) is 41.3 cm³/mol. The molecule has 0 aliphatic carbocycles. The molecule has 0 aromatic rings. The Morgan fingerprint density at radius 2 is 1.90 bits per heavy atom. The third-order valence-corrected chi connectivity index (χ3v) is 1.57. The summed E-state index contributed by atoms with van der Waals surface area (Å²) in [5.74, 6) is 0. The summed E-state index contributed by atoms with van der Waals surface area (Å²) in [6, 6.07) is 0. The van der Waals surface area contributed by atoms with Crippen molar-refractivity contribution in [3.8, 4) is 0 Å². The van der Waals surface area contributed by atoms with Gasteiger partial charge < -0.3 is 6.33 Å².